The molecule has 6 nitrogen and oxygen atoms in total. The molecule has 0 spiro atoms. The first-order valence-corrected chi connectivity index (χ1v) is 11.2. The van der Waals surface area contributed by atoms with Gasteiger partial charge in [-0.1, -0.05) is 48.2 Å². The number of rotatable bonds is 8. The molecule has 0 radical (unpaired) electrons. The van der Waals surface area contributed by atoms with Gasteiger partial charge >= 0.3 is 0 Å². The molecule has 0 aliphatic carbocycles. The molecular formula is C22H20N4O2S2. The smallest absolute Gasteiger partial charge is 0.231 e. The van der Waals surface area contributed by atoms with Crippen LogP contribution in [0.3, 0.4) is 0 Å². The van der Waals surface area contributed by atoms with E-state index < -0.39 is 0 Å². The highest BCUT2D eigenvalue weighted by Crippen LogP contribution is 2.26. The summed E-state index contributed by atoms with van der Waals surface area (Å²) in [6, 6.07) is 21.4. The zero-order valence-electron chi connectivity index (χ0n) is 16.2. The molecule has 4 rings (SSSR count). The molecule has 0 fully saturated rings. The fraction of sp³-hybridized carbons (Fsp3) is 0.136. The molecule has 0 aliphatic heterocycles. The number of carbonyl (C=O) groups is 1. The molecule has 0 aliphatic rings. The lowest BCUT2D eigenvalue weighted by atomic mass is 10.1. The summed E-state index contributed by atoms with van der Waals surface area (Å²) in [5.74, 6) is 1.59. The van der Waals surface area contributed by atoms with Crippen molar-refractivity contribution in [3.05, 3.63) is 82.6 Å². The summed E-state index contributed by atoms with van der Waals surface area (Å²) in [5, 5.41) is 12.8. The van der Waals surface area contributed by atoms with Gasteiger partial charge in [0.25, 0.3) is 0 Å². The number of carbonyl (C=O) groups excluding carboxylic acids is 1. The first-order valence-electron chi connectivity index (χ1n) is 9.30. The van der Waals surface area contributed by atoms with Crippen LogP contribution in [0.4, 0.5) is 0 Å². The number of nitrogens with zero attached hydrogens (tertiary/aromatic N) is 2. The lowest BCUT2D eigenvalue weighted by Crippen LogP contribution is -2.30. The van der Waals surface area contributed by atoms with E-state index in [-0.39, 0.29) is 17.7 Å². The lowest BCUT2D eigenvalue weighted by molar-refractivity contribution is -0.119. The lowest BCUT2D eigenvalue weighted by Gasteiger charge is -2.17. The molecule has 0 bridgehead atoms. The molecule has 2 aromatic heterocycles. The van der Waals surface area contributed by atoms with Crippen LogP contribution in [0.2, 0.25) is 0 Å². The minimum Gasteiger partial charge on any atom is -0.497 e. The van der Waals surface area contributed by atoms with Gasteiger partial charge in [-0.15, -0.1) is 16.4 Å². The molecule has 8 heteroatoms. The van der Waals surface area contributed by atoms with Gasteiger partial charge in [-0.2, -0.15) is 0 Å². The molecule has 0 saturated carbocycles. The first kappa shape index (κ1) is 20.2. The molecule has 152 valence electrons. The van der Waals surface area contributed by atoms with Crippen LogP contribution in [-0.4, -0.2) is 34.0 Å². The molecule has 2 heterocycles. The highest BCUT2D eigenvalue weighted by Gasteiger charge is 2.18. The topological polar surface area (TPSA) is 79.9 Å². The van der Waals surface area contributed by atoms with E-state index in [4.69, 9.17) is 4.74 Å². The largest absolute Gasteiger partial charge is 0.497 e. The Morgan fingerprint density at radius 1 is 1.13 bits per heavy atom. The van der Waals surface area contributed by atoms with Crippen molar-refractivity contribution in [2.24, 2.45) is 0 Å². The van der Waals surface area contributed by atoms with Crippen molar-refractivity contribution >= 4 is 29.0 Å². The monoisotopic (exact) mass is 436 g/mol. The highest BCUT2D eigenvalue weighted by molar-refractivity contribution is 7.99. The van der Waals surface area contributed by atoms with E-state index in [2.05, 4.69) is 20.5 Å². The molecular weight excluding hydrogens is 416 g/mol. The van der Waals surface area contributed by atoms with Crippen LogP contribution < -0.4 is 10.1 Å². The third kappa shape index (κ3) is 4.90. The maximum absolute atomic E-state index is 12.6. The number of methoxy groups -OCH3 is 1. The average Bonchev–Trinajstić information content (AvgIpc) is 3.49. The van der Waals surface area contributed by atoms with Crippen LogP contribution >= 0.6 is 23.1 Å². The van der Waals surface area contributed by atoms with Crippen LogP contribution in [0.15, 0.2) is 77.3 Å². The number of H-pyrrole nitrogens is 1. The zero-order chi connectivity index (χ0) is 20.8. The summed E-state index contributed by atoms with van der Waals surface area (Å²) in [5.41, 5.74) is 1.96. The number of benzene rings is 2. The minimum atomic E-state index is -0.165. The standard InChI is InChI=1S/C22H20N4O2S2/c1-28-17-11-9-16(10-12-17)21-24-22(26-25-21)30-14-19(27)23-20(18-8-5-13-29-18)15-6-3-2-4-7-15/h2-13,20H,14H2,1H3,(H,23,27)(H,24,25,26)/t20-/m0/s1. The van der Waals surface area contributed by atoms with Crippen molar-refractivity contribution in [2.75, 3.05) is 12.9 Å². The molecule has 0 saturated heterocycles. The van der Waals surface area contributed by atoms with Crippen LogP contribution in [0.5, 0.6) is 5.75 Å². The molecule has 30 heavy (non-hydrogen) atoms. The normalized spacial score (nSPS) is 11.8. The number of hydrogen-bond donors (Lipinski definition) is 2. The van der Waals surface area contributed by atoms with E-state index in [1.807, 2.05) is 72.1 Å². The summed E-state index contributed by atoms with van der Waals surface area (Å²) >= 11 is 2.93. The summed E-state index contributed by atoms with van der Waals surface area (Å²) in [7, 11) is 1.63. The van der Waals surface area contributed by atoms with E-state index >= 15 is 0 Å². The Kier molecular flexibility index (Phi) is 6.46. The van der Waals surface area contributed by atoms with Crippen molar-refractivity contribution in [2.45, 2.75) is 11.2 Å². The van der Waals surface area contributed by atoms with E-state index in [9.17, 15) is 4.79 Å². The van der Waals surface area contributed by atoms with E-state index in [1.165, 1.54) is 11.8 Å². The van der Waals surface area contributed by atoms with Crippen LogP contribution in [0.25, 0.3) is 11.4 Å². The molecule has 2 aromatic carbocycles. The van der Waals surface area contributed by atoms with Gasteiger partial charge in [-0.3, -0.25) is 9.89 Å². The van der Waals surface area contributed by atoms with Gasteiger partial charge in [-0.05, 0) is 41.3 Å². The minimum absolute atomic E-state index is 0.0712. The highest BCUT2D eigenvalue weighted by atomic mass is 32.2. The summed E-state index contributed by atoms with van der Waals surface area (Å²) in [6.45, 7) is 0. The first-order chi connectivity index (χ1) is 14.7. The van der Waals surface area contributed by atoms with E-state index in [0.717, 1.165) is 21.8 Å². The number of aromatic nitrogens is 3. The molecule has 0 unspecified atom stereocenters. The van der Waals surface area contributed by atoms with E-state index in [0.29, 0.717) is 11.0 Å². The van der Waals surface area contributed by atoms with E-state index in [1.54, 1.807) is 18.4 Å². The van der Waals surface area contributed by atoms with Gasteiger partial charge in [0.1, 0.15) is 5.75 Å². The van der Waals surface area contributed by atoms with Gasteiger partial charge in [0.15, 0.2) is 5.82 Å². The second kappa shape index (κ2) is 9.60. The second-order valence-electron chi connectivity index (χ2n) is 6.41. The number of thioether (sulfide) groups is 1. The second-order valence-corrected chi connectivity index (χ2v) is 8.33. The Morgan fingerprint density at radius 3 is 2.63 bits per heavy atom. The number of thiophene rings is 1. The maximum Gasteiger partial charge on any atom is 0.231 e. The van der Waals surface area contributed by atoms with Gasteiger partial charge in [0, 0.05) is 10.4 Å². The van der Waals surface area contributed by atoms with Crippen molar-refractivity contribution < 1.29 is 9.53 Å². The molecule has 1 atom stereocenters. The summed E-state index contributed by atoms with van der Waals surface area (Å²) in [4.78, 5) is 18.2. The Morgan fingerprint density at radius 2 is 1.93 bits per heavy atom. The number of ether oxygens (including phenoxy) is 1. The predicted molar refractivity (Wildman–Crippen MR) is 120 cm³/mol. The molecule has 1 amide bonds. The van der Waals surface area contributed by atoms with Crippen molar-refractivity contribution in [1.29, 1.82) is 0 Å². The zero-order valence-corrected chi connectivity index (χ0v) is 17.9. The number of amides is 1. The maximum atomic E-state index is 12.6. The summed E-state index contributed by atoms with van der Waals surface area (Å²) < 4.78 is 5.17. The van der Waals surface area contributed by atoms with Crippen LogP contribution in [0, 0.1) is 0 Å². The molecule has 2 N–H and O–H groups in total. The van der Waals surface area contributed by atoms with Gasteiger partial charge in [0.2, 0.25) is 11.1 Å². The third-order valence-corrected chi connectivity index (χ3v) is 6.21. The quantitative estimate of drug-likeness (QED) is 0.397. The average molecular weight is 437 g/mol. The van der Waals surface area contributed by atoms with Gasteiger partial charge in [-0.25, -0.2) is 4.98 Å². The third-order valence-electron chi connectivity index (χ3n) is 4.43. The predicted octanol–water partition coefficient (Wildman–Crippen LogP) is 4.54. The Labute approximate surface area is 182 Å². The number of hydrogen-bond acceptors (Lipinski definition) is 6. The van der Waals surface area contributed by atoms with Crippen molar-refractivity contribution in [1.82, 2.24) is 20.5 Å². The Bertz CT molecular complexity index is 1080. The van der Waals surface area contributed by atoms with Crippen LogP contribution in [0.1, 0.15) is 16.5 Å². The number of aromatic amines is 1. The van der Waals surface area contributed by atoms with Crippen LogP contribution in [-0.2, 0) is 4.79 Å². The van der Waals surface area contributed by atoms with Crippen molar-refractivity contribution in [3.8, 4) is 17.1 Å². The fourth-order valence-corrected chi connectivity index (χ4v) is 4.35. The van der Waals surface area contributed by atoms with Gasteiger partial charge in [0.05, 0.1) is 18.9 Å². The Balaban J connectivity index is 1.39. The molecule has 4 aromatic rings. The Hall–Kier alpha value is -3.10. The SMILES string of the molecule is COc1ccc(-c2nc(SCC(=O)N[C@@H](c3ccccc3)c3cccs3)n[nH]2)cc1. The fourth-order valence-electron chi connectivity index (χ4n) is 2.94. The number of nitrogens with one attached hydrogen (secondary N) is 2. The summed E-state index contributed by atoms with van der Waals surface area (Å²) in [6.07, 6.45) is 0. The van der Waals surface area contributed by atoms with Crippen molar-refractivity contribution in [3.63, 3.8) is 0 Å². The van der Waals surface area contributed by atoms with Gasteiger partial charge < -0.3 is 10.1 Å².